The van der Waals surface area contributed by atoms with Gasteiger partial charge in [0.05, 0.1) is 5.56 Å². The highest BCUT2D eigenvalue weighted by Gasteiger charge is 2.21. The topological polar surface area (TPSA) is 61.2 Å². The van der Waals surface area contributed by atoms with Gasteiger partial charge in [0.15, 0.2) is 17.3 Å². The summed E-state index contributed by atoms with van der Waals surface area (Å²) in [6.45, 7) is 6.85. The normalized spacial score (nSPS) is 13.3. The lowest BCUT2D eigenvalue weighted by Crippen LogP contribution is -2.16. The minimum Gasteiger partial charge on any atom is -0.486 e. The number of benzene rings is 1. The van der Waals surface area contributed by atoms with Crippen LogP contribution in [-0.2, 0) is 6.54 Å². The molecule has 3 rings (SSSR count). The number of ether oxygens (including phenoxy) is 2. The third-order valence-electron chi connectivity index (χ3n) is 3.21. The van der Waals surface area contributed by atoms with Crippen LogP contribution in [0.4, 0.5) is 5.95 Å². The van der Waals surface area contributed by atoms with Crippen molar-refractivity contribution in [1.82, 2.24) is 14.8 Å². The fourth-order valence-electron chi connectivity index (χ4n) is 2.34. The van der Waals surface area contributed by atoms with Crippen LogP contribution in [0.5, 0.6) is 11.5 Å². The first-order chi connectivity index (χ1) is 9.85. The van der Waals surface area contributed by atoms with E-state index in [2.05, 4.69) is 22.4 Å². The molecule has 1 aliphatic heterocycles. The van der Waals surface area contributed by atoms with E-state index in [1.54, 1.807) is 0 Å². The Bertz CT molecular complexity index is 609. The van der Waals surface area contributed by atoms with Gasteiger partial charge in [-0.25, -0.2) is 0 Å². The van der Waals surface area contributed by atoms with Crippen LogP contribution in [-0.4, -0.2) is 34.5 Å². The number of para-hydroxylation sites is 1. The van der Waals surface area contributed by atoms with E-state index in [1.165, 1.54) is 0 Å². The van der Waals surface area contributed by atoms with E-state index >= 15 is 0 Å². The third-order valence-corrected chi connectivity index (χ3v) is 3.21. The van der Waals surface area contributed by atoms with Crippen LogP contribution in [0.25, 0.3) is 11.4 Å². The van der Waals surface area contributed by atoms with Crippen LogP contribution in [0, 0.1) is 0 Å². The molecule has 1 N–H and O–H groups in total. The second-order valence-electron chi connectivity index (χ2n) is 4.45. The van der Waals surface area contributed by atoms with Gasteiger partial charge in [0.1, 0.15) is 13.2 Å². The minimum absolute atomic E-state index is 0.560. The summed E-state index contributed by atoms with van der Waals surface area (Å²) < 4.78 is 13.4. The second-order valence-corrected chi connectivity index (χ2v) is 4.45. The Morgan fingerprint density at radius 2 is 2.05 bits per heavy atom. The van der Waals surface area contributed by atoms with Crippen LogP contribution in [0.3, 0.4) is 0 Å². The molecule has 0 radical (unpaired) electrons. The van der Waals surface area contributed by atoms with Gasteiger partial charge in [0.2, 0.25) is 5.95 Å². The van der Waals surface area contributed by atoms with Crippen molar-refractivity contribution < 1.29 is 9.47 Å². The van der Waals surface area contributed by atoms with Gasteiger partial charge in [0, 0.05) is 13.1 Å². The summed E-state index contributed by atoms with van der Waals surface area (Å²) in [5.74, 6) is 3.10. The lowest BCUT2D eigenvalue weighted by atomic mass is 10.1. The molecule has 0 atom stereocenters. The van der Waals surface area contributed by atoms with Crippen LogP contribution in [0.15, 0.2) is 18.2 Å². The average Bonchev–Trinajstić information content (AvgIpc) is 2.89. The highest BCUT2D eigenvalue weighted by atomic mass is 16.6. The first-order valence-corrected chi connectivity index (χ1v) is 6.91. The van der Waals surface area contributed by atoms with Crippen molar-refractivity contribution in [1.29, 1.82) is 0 Å². The SMILES string of the molecule is CCNc1nnc(-c2cccc3c2OCCO3)n1CC. The predicted octanol–water partition coefficient (Wildman–Crippen LogP) is 2.17. The monoisotopic (exact) mass is 274 g/mol. The van der Waals surface area contributed by atoms with Crippen molar-refractivity contribution in [2.75, 3.05) is 25.1 Å². The zero-order chi connectivity index (χ0) is 13.9. The summed E-state index contributed by atoms with van der Waals surface area (Å²) in [5, 5.41) is 11.7. The van der Waals surface area contributed by atoms with Gasteiger partial charge in [0.25, 0.3) is 0 Å². The van der Waals surface area contributed by atoms with Crippen LogP contribution in [0.2, 0.25) is 0 Å². The van der Waals surface area contributed by atoms with Gasteiger partial charge in [-0.15, -0.1) is 10.2 Å². The van der Waals surface area contributed by atoms with E-state index in [1.807, 2.05) is 29.7 Å². The van der Waals surface area contributed by atoms with E-state index in [0.29, 0.717) is 13.2 Å². The van der Waals surface area contributed by atoms with Crippen LogP contribution >= 0.6 is 0 Å². The average molecular weight is 274 g/mol. The zero-order valence-electron chi connectivity index (χ0n) is 11.7. The Morgan fingerprint density at radius 3 is 2.85 bits per heavy atom. The summed E-state index contributed by atoms with van der Waals surface area (Å²) in [7, 11) is 0. The number of aromatic nitrogens is 3. The first kappa shape index (κ1) is 12.8. The molecular formula is C14H18N4O2. The largest absolute Gasteiger partial charge is 0.486 e. The molecule has 6 heteroatoms. The summed E-state index contributed by atoms with van der Waals surface area (Å²) in [4.78, 5) is 0. The molecule has 0 saturated carbocycles. The van der Waals surface area contributed by atoms with Gasteiger partial charge in [-0.3, -0.25) is 4.57 Å². The Labute approximate surface area is 117 Å². The Kier molecular flexibility index (Phi) is 3.45. The summed E-state index contributed by atoms with van der Waals surface area (Å²) in [6, 6.07) is 5.85. The van der Waals surface area contributed by atoms with Crippen molar-refractivity contribution in [3.63, 3.8) is 0 Å². The number of anilines is 1. The smallest absolute Gasteiger partial charge is 0.224 e. The molecule has 1 aromatic carbocycles. The van der Waals surface area contributed by atoms with Crippen molar-refractivity contribution in [2.24, 2.45) is 0 Å². The lowest BCUT2D eigenvalue weighted by Gasteiger charge is -2.20. The molecule has 0 saturated heterocycles. The number of nitrogens with one attached hydrogen (secondary N) is 1. The maximum absolute atomic E-state index is 5.75. The molecule has 0 unspecified atom stereocenters. The lowest BCUT2D eigenvalue weighted by molar-refractivity contribution is 0.172. The van der Waals surface area contributed by atoms with Crippen molar-refractivity contribution in [2.45, 2.75) is 20.4 Å². The van der Waals surface area contributed by atoms with E-state index in [9.17, 15) is 0 Å². The molecule has 0 amide bonds. The minimum atomic E-state index is 0.560. The highest BCUT2D eigenvalue weighted by Crippen LogP contribution is 2.39. The molecule has 1 aliphatic rings. The van der Waals surface area contributed by atoms with Gasteiger partial charge in [-0.05, 0) is 26.0 Å². The van der Waals surface area contributed by atoms with Crippen molar-refractivity contribution >= 4 is 5.95 Å². The predicted molar refractivity (Wildman–Crippen MR) is 76.3 cm³/mol. The van der Waals surface area contributed by atoms with E-state index in [4.69, 9.17) is 9.47 Å². The molecule has 2 aromatic rings. The van der Waals surface area contributed by atoms with Gasteiger partial charge < -0.3 is 14.8 Å². The third kappa shape index (κ3) is 2.07. The molecule has 0 spiro atoms. The summed E-state index contributed by atoms with van der Waals surface area (Å²) in [5.41, 5.74) is 0.917. The molecule has 20 heavy (non-hydrogen) atoms. The summed E-state index contributed by atoms with van der Waals surface area (Å²) in [6.07, 6.45) is 0. The van der Waals surface area contributed by atoms with E-state index in [-0.39, 0.29) is 0 Å². The number of hydrogen-bond acceptors (Lipinski definition) is 5. The molecule has 1 aromatic heterocycles. The zero-order valence-corrected chi connectivity index (χ0v) is 11.7. The second kappa shape index (κ2) is 5.40. The number of rotatable bonds is 4. The number of fused-ring (bicyclic) bond motifs is 1. The van der Waals surface area contributed by atoms with Gasteiger partial charge in [-0.1, -0.05) is 6.07 Å². The first-order valence-electron chi connectivity index (χ1n) is 6.91. The molecule has 0 aliphatic carbocycles. The van der Waals surface area contributed by atoms with Crippen molar-refractivity contribution in [3.05, 3.63) is 18.2 Å². The molecule has 2 heterocycles. The molecule has 0 bridgehead atoms. The van der Waals surface area contributed by atoms with Gasteiger partial charge in [-0.2, -0.15) is 0 Å². The van der Waals surface area contributed by atoms with Gasteiger partial charge >= 0.3 is 0 Å². The number of hydrogen-bond donors (Lipinski definition) is 1. The van der Waals surface area contributed by atoms with Crippen molar-refractivity contribution in [3.8, 4) is 22.9 Å². The van der Waals surface area contributed by atoms with Crippen LogP contribution < -0.4 is 14.8 Å². The number of nitrogens with zero attached hydrogens (tertiary/aromatic N) is 3. The Morgan fingerprint density at radius 1 is 1.20 bits per heavy atom. The molecular weight excluding hydrogens is 256 g/mol. The highest BCUT2D eigenvalue weighted by molar-refractivity contribution is 5.70. The fraction of sp³-hybridized carbons (Fsp3) is 0.429. The molecule has 0 fully saturated rings. The maximum Gasteiger partial charge on any atom is 0.224 e. The summed E-state index contributed by atoms with van der Waals surface area (Å²) >= 11 is 0. The maximum atomic E-state index is 5.75. The standard InChI is InChI=1S/C14H18N4O2/c1-3-15-14-17-16-13(18(14)4-2)10-6-5-7-11-12(10)20-9-8-19-11/h5-7H,3-4,8-9H2,1-2H3,(H,15,17). The van der Waals surface area contributed by atoms with E-state index < -0.39 is 0 Å². The quantitative estimate of drug-likeness (QED) is 0.925. The van der Waals surface area contributed by atoms with E-state index in [0.717, 1.165) is 41.9 Å². The Hall–Kier alpha value is -2.24. The molecule has 106 valence electrons. The van der Waals surface area contributed by atoms with Crippen LogP contribution in [0.1, 0.15) is 13.8 Å². The Balaban J connectivity index is 2.09. The molecule has 6 nitrogen and oxygen atoms in total. The fourth-order valence-corrected chi connectivity index (χ4v) is 2.34.